The molecule has 0 bridgehead atoms. The molecule has 0 amide bonds. The van der Waals surface area contributed by atoms with Gasteiger partial charge in [0.05, 0.1) is 0 Å². The second-order valence-electron chi connectivity index (χ2n) is 3.28. The quantitative estimate of drug-likeness (QED) is 0.630. The van der Waals surface area contributed by atoms with Crippen LogP contribution in [0.2, 0.25) is 0 Å². The topological polar surface area (TPSA) is 0 Å². The number of benzene rings is 1. The largest absolute Gasteiger partial charge is 0.154 e. The fourth-order valence-corrected chi connectivity index (χ4v) is 2.38. The lowest BCUT2D eigenvalue weighted by Crippen LogP contribution is -1.89. The van der Waals surface area contributed by atoms with Crippen LogP contribution in [-0.4, -0.2) is 5.75 Å². The third-order valence-corrected chi connectivity index (χ3v) is 3.43. The Hall–Kier alpha value is -0.430. The summed E-state index contributed by atoms with van der Waals surface area (Å²) in [6.07, 6.45) is 2.64. The van der Waals surface area contributed by atoms with Crippen molar-refractivity contribution >= 4 is 11.8 Å². The molecular weight excluding hydrogens is 176 g/mol. The van der Waals surface area contributed by atoms with E-state index in [1.54, 1.807) is 0 Å². The highest BCUT2D eigenvalue weighted by molar-refractivity contribution is 7.99. The van der Waals surface area contributed by atoms with Gasteiger partial charge in [-0.1, -0.05) is 43.7 Å². The van der Waals surface area contributed by atoms with Crippen molar-refractivity contribution in [1.82, 2.24) is 0 Å². The molecule has 0 aliphatic heterocycles. The molecule has 0 radical (unpaired) electrons. The molecule has 1 rings (SSSR count). The molecule has 0 fully saturated rings. The molecule has 0 nitrogen and oxygen atoms in total. The van der Waals surface area contributed by atoms with Crippen molar-refractivity contribution in [3.63, 3.8) is 0 Å². The van der Waals surface area contributed by atoms with Gasteiger partial charge in [0, 0.05) is 5.25 Å². The summed E-state index contributed by atoms with van der Waals surface area (Å²) in [5.41, 5.74) is 1.45. The fraction of sp³-hybridized carbons (Fsp3) is 0.500. The van der Waals surface area contributed by atoms with Crippen molar-refractivity contribution in [1.29, 1.82) is 0 Å². The van der Waals surface area contributed by atoms with Gasteiger partial charge in [0.1, 0.15) is 0 Å². The minimum atomic E-state index is 0.646. The SMILES string of the molecule is CCCCSC(C)c1ccccc1. The van der Waals surface area contributed by atoms with Crippen LogP contribution >= 0.6 is 11.8 Å². The van der Waals surface area contributed by atoms with Gasteiger partial charge in [0.2, 0.25) is 0 Å². The van der Waals surface area contributed by atoms with Gasteiger partial charge in [-0.05, 0) is 24.7 Å². The van der Waals surface area contributed by atoms with E-state index in [4.69, 9.17) is 0 Å². The van der Waals surface area contributed by atoms with Gasteiger partial charge in [0.15, 0.2) is 0 Å². The van der Waals surface area contributed by atoms with E-state index in [9.17, 15) is 0 Å². The van der Waals surface area contributed by atoms with Crippen LogP contribution < -0.4 is 0 Å². The Labute approximate surface area is 85.7 Å². The summed E-state index contributed by atoms with van der Waals surface area (Å²) < 4.78 is 0. The standard InChI is InChI=1S/C12H18S/c1-3-4-10-13-11(2)12-8-6-5-7-9-12/h5-9,11H,3-4,10H2,1-2H3. The van der Waals surface area contributed by atoms with Crippen molar-refractivity contribution < 1.29 is 0 Å². The molecule has 0 N–H and O–H groups in total. The lowest BCUT2D eigenvalue weighted by Gasteiger charge is -2.10. The van der Waals surface area contributed by atoms with Crippen LogP contribution in [0.4, 0.5) is 0 Å². The number of unbranched alkanes of at least 4 members (excludes halogenated alkanes) is 1. The van der Waals surface area contributed by atoms with E-state index >= 15 is 0 Å². The molecular formula is C12H18S. The third-order valence-electron chi connectivity index (χ3n) is 2.13. The highest BCUT2D eigenvalue weighted by Crippen LogP contribution is 2.28. The van der Waals surface area contributed by atoms with Crippen molar-refractivity contribution in [3.8, 4) is 0 Å². The van der Waals surface area contributed by atoms with E-state index in [2.05, 4.69) is 55.9 Å². The van der Waals surface area contributed by atoms with E-state index in [1.807, 2.05) is 0 Å². The molecule has 1 unspecified atom stereocenters. The molecule has 72 valence electrons. The summed E-state index contributed by atoms with van der Waals surface area (Å²) in [4.78, 5) is 0. The summed E-state index contributed by atoms with van der Waals surface area (Å²) >= 11 is 2.05. The van der Waals surface area contributed by atoms with E-state index < -0.39 is 0 Å². The van der Waals surface area contributed by atoms with Crippen LogP contribution in [0.1, 0.15) is 37.5 Å². The summed E-state index contributed by atoms with van der Waals surface area (Å²) in [5.74, 6) is 1.28. The first kappa shape index (κ1) is 10.6. The Morgan fingerprint density at radius 1 is 1.23 bits per heavy atom. The molecule has 0 saturated carbocycles. The van der Waals surface area contributed by atoms with E-state index in [0.717, 1.165) is 0 Å². The zero-order valence-corrected chi connectivity index (χ0v) is 9.31. The monoisotopic (exact) mass is 194 g/mol. The molecule has 0 spiro atoms. The van der Waals surface area contributed by atoms with Gasteiger partial charge in [-0.15, -0.1) is 0 Å². The van der Waals surface area contributed by atoms with Crippen LogP contribution in [0.15, 0.2) is 30.3 Å². The Morgan fingerprint density at radius 3 is 2.54 bits per heavy atom. The molecule has 0 aliphatic carbocycles. The minimum absolute atomic E-state index is 0.646. The fourth-order valence-electron chi connectivity index (χ4n) is 1.22. The first-order valence-corrected chi connectivity index (χ1v) is 6.06. The number of hydrogen-bond donors (Lipinski definition) is 0. The van der Waals surface area contributed by atoms with Gasteiger partial charge in [-0.25, -0.2) is 0 Å². The van der Waals surface area contributed by atoms with Crippen LogP contribution in [-0.2, 0) is 0 Å². The lowest BCUT2D eigenvalue weighted by molar-refractivity contribution is 0.892. The Bertz CT molecular complexity index is 218. The smallest absolute Gasteiger partial charge is 0.0269 e. The molecule has 13 heavy (non-hydrogen) atoms. The third kappa shape index (κ3) is 3.86. The molecule has 0 aliphatic rings. The molecule has 1 heteroatoms. The normalized spacial score (nSPS) is 12.8. The second kappa shape index (κ2) is 6.09. The maximum absolute atomic E-state index is 2.29. The number of hydrogen-bond acceptors (Lipinski definition) is 1. The van der Waals surface area contributed by atoms with Gasteiger partial charge in [-0.2, -0.15) is 11.8 Å². The minimum Gasteiger partial charge on any atom is -0.154 e. The maximum atomic E-state index is 2.29. The Morgan fingerprint density at radius 2 is 1.92 bits per heavy atom. The average Bonchev–Trinajstić information content (AvgIpc) is 2.19. The zero-order chi connectivity index (χ0) is 9.52. The van der Waals surface area contributed by atoms with Gasteiger partial charge in [-0.3, -0.25) is 0 Å². The van der Waals surface area contributed by atoms with Crippen LogP contribution in [0, 0.1) is 0 Å². The molecule has 1 aromatic rings. The summed E-state index contributed by atoms with van der Waals surface area (Å²) in [7, 11) is 0. The van der Waals surface area contributed by atoms with E-state index in [-0.39, 0.29) is 0 Å². The predicted molar refractivity (Wildman–Crippen MR) is 62.2 cm³/mol. The summed E-state index contributed by atoms with van der Waals surface area (Å²) in [6.45, 7) is 4.53. The molecule has 0 aromatic heterocycles. The molecule has 1 atom stereocenters. The molecule has 0 heterocycles. The average molecular weight is 194 g/mol. The number of rotatable bonds is 5. The van der Waals surface area contributed by atoms with Crippen LogP contribution in [0.3, 0.4) is 0 Å². The number of thioether (sulfide) groups is 1. The Balaban J connectivity index is 2.35. The molecule has 1 aromatic carbocycles. The Kier molecular flexibility index (Phi) is 4.99. The van der Waals surface area contributed by atoms with Crippen molar-refractivity contribution in [3.05, 3.63) is 35.9 Å². The van der Waals surface area contributed by atoms with Crippen molar-refractivity contribution in [2.24, 2.45) is 0 Å². The van der Waals surface area contributed by atoms with Gasteiger partial charge < -0.3 is 0 Å². The highest BCUT2D eigenvalue weighted by atomic mass is 32.2. The van der Waals surface area contributed by atoms with Gasteiger partial charge >= 0.3 is 0 Å². The maximum Gasteiger partial charge on any atom is 0.0269 e. The highest BCUT2D eigenvalue weighted by Gasteiger charge is 2.03. The summed E-state index contributed by atoms with van der Waals surface area (Å²) in [5, 5.41) is 0.646. The summed E-state index contributed by atoms with van der Waals surface area (Å²) in [6, 6.07) is 10.7. The van der Waals surface area contributed by atoms with E-state index in [0.29, 0.717) is 5.25 Å². The van der Waals surface area contributed by atoms with Crippen molar-refractivity contribution in [2.45, 2.75) is 31.9 Å². The predicted octanol–water partition coefficient (Wildman–Crippen LogP) is 4.28. The second-order valence-corrected chi connectivity index (χ2v) is 4.73. The van der Waals surface area contributed by atoms with Crippen molar-refractivity contribution in [2.75, 3.05) is 5.75 Å². The van der Waals surface area contributed by atoms with Crippen LogP contribution in [0.5, 0.6) is 0 Å². The first-order chi connectivity index (χ1) is 6.34. The van der Waals surface area contributed by atoms with Crippen LogP contribution in [0.25, 0.3) is 0 Å². The van der Waals surface area contributed by atoms with Gasteiger partial charge in [0.25, 0.3) is 0 Å². The first-order valence-electron chi connectivity index (χ1n) is 5.01. The molecule has 0 saturated heterocycles. The zero-order valence-electron chi connectivity index (χ0n) is 8.49. The lowest BCUT2D eigenvalue weighted by atomic mass is 10.2. The van der Waals surface area contributed by atoms with E-state index in [1.165, 1.54) is 24.2 Å².